The topological polar surface area (TPSA) is 0 Å². The summed E-state index contributed by atoms with van der Waals surface area (Å²) < 4.78 is 0. The Kier molecular flexibility index (Phi) is 3.50. The summed E-state index contributed by atoms with van der Waals surface area (Å²) in [5.41, 5.74) is 0.447. The molecule has 0 spiro atoms. The van der Waals surface area contributed by atoms with E-state index in [-0.39, 0.29) is 0 Å². The van der Waals surface area contributed by atoms with Crippen molar-refractivity contribution >= 4 is 11.8 Å². The molecule has 0 saturated heterocycles. The first-order chi connectivity index (χ1) is 5.91. The van der Waals surface area contributed by atoms with E-state index in [1.165, 1.54) is 6.42 Å². The van der Waals surface area contributed by atoms with Crippen LogP contribution in [0.1, 0.15) is 41.0 Å². The van der Waals surface area contributed by atoms with E-state index in [0.29, 0.717) is 5.41 Å². The molecule has 13 heavy (non-hydrogen) atoms. The summed E-state index contributed by atoms with van der Waals surface area (Å²) in [7, 11) is 0. The SMILES string of the molecule is CC(C)C1C=CCC(C(C)(C)C)S1. The lowest BCUT2D eigenvalue weighted by Crippen LogP contribution is -2.28. The average molecular weight is 198 g/mol. The Balaban J connectivity index is 2.61. The summed E-state index contributed by atoms with van der Waals surface area (Å²) in [6.07, 6.45) is 6.01. The first-order valence-electron chi connectivity index (χ1n) is 5.23. The third kappa shape index (κ3) is 3.05. The van der Waals surface area contributed by atoms with Crippen molar-refractivity contribution in [2.75, 3.05) is 0 Å². The normalized spacial score (nSPS) is 29.7. The van der Waals surface area contributed by atoms with E-state index < -0.39 is 0 Å². The molecule has 0 amide bonds. The van der Waals surface area contributed by atoms with Crippen LogP contribution in [0.5, 0.6) is 0 Å². The Bertz CT molecular complexity index is 186. The van der Waals surface area contributed by atoms with Gasteiger partial charge in [-0.2, -0.15) is 0 Å². The van der Waals surface area contributed by atoms with Crippen LogP contribution in [0.25, 0.3) is 0 Å². The van der Waals surface area contributed by atoms with Crippen molar-refractivity contribution in [3.63, 3.8) is 0 Å². The van der Waals surface area contributed by atoms with Gasteiger partial charge >= 0.3 is 0 Å². The second kappa shape index (κ2) is 4.08. The first-order valence-corrected chi connectivity index (χ1v) is 6.17. The van der Waals surface area contributed by atoms with Crippen LogP contribution in [0.3, 0.4) is 0 Å². The van der Waals surface area contributed by atoms with E-state index in [4.69, 9.17) is 0 Å². The van der Waals surface area contributed by atoms with Crippen molar-refractivity contribution in [1.82, 2.24) is 0 Å². The monoisotopic (exact) mass is 198 g/mol. The molecule has 0 saturated carbocycles. The van der Waals surface area contributed by atoms with Crippen LogP contribution in [-0.4, -0.2) is 10.5 Å². The zero-order valence-electron chi connectivity index (χ0n) is 9.50. The van der Waals surface area contributed by atoms with E-state index in [2.05, 4.69) is 58.5 Å². The van der Waals surface area contributed by atoms with Gasteiger partial charge in [-0.3, -0.25) is 0 Å². The quantitative estimate of drug-likeness (QED) is 0.571. The molecule has 0 aromatic heterocycles. The zero-order chi connectivity index (χ0) is 10.1. The molecule has 2 unspecified atom stereocenters. The van der Waals surface area contributed by atoms with E-state index in [9.17, 15) is 0 Å². The maximum atomic E-state index is 2.39. The van der Waals surface area contributed by atoms with Gasteiger partial charge < -0.3 is 0 Å². The van der Waals surface area contributed by atoms with Gasteiger partial charge in [0.25, 0.3) is 0 Å². The fourth-order valence-corrected chi connectivity index (χ4v) is 3.09. The van der Waals surface area contributed by atoms with Crippen molar-refractivity contribution < 1.29 is 0 Å². The molecule has 0 nitrogen and oxygen atoms in total. The zero-order valence-corrected chi connectivity index (χ0v) is 10.3. The minimum Gasteiger partial charge on any atom is -0.150 e. The number of rotatable bonds is 1. The van der Waals surface area contributed by atoms with Gasteiger partial charge in [-0.15, -0.1) is 11.8 Å². The molecule has 1 heterocycles. The summed E-state index contributed by atoms with van der Waals surface area (Å²) in [5.74, 6) is 0.770. The fourth-order valence-electron chi connectivity index (χ4n) is 1.56. The van der Waals surface area contributed by atoms with E-state index in [0.717, 1.165) is 16.4 Å². The Morgan fingerprint density at radius 2 is 1.92 bits per heavy atom. The van der Waals surface area contributed by atoms with Crippen LogP contribution < -0.4 is 0 Å². The molecular formula is C12H22S. The van der Waals surface area contributed by atoms with Gasteiger partial charge in [0, 0.05) is 10.5 Å². The van der Waals surface area contributed by atoms with E-state index in [1.54, 1.807) is 0 Å². The number of thioether (sulfide) groups is 1. The molecule has 0 bridgehead atoms. The third-order valence-electron chi connectivity index (χ3n) is 2.62. The van der Waals surface area contributed by atoms with Crippen LogP contribution in [0.2, 0.25) is 0 Å². The molecular weight excluding hydrogens is 176 g/mol. The van der Waals surface area contributed by atoms with Gasteiger partial charge in [0.05, 0.1) is 0 Å². The lowest BCUT2D eigenvalue weighted by atomic mass is 9.89. The van der Waals surface area contributed by atoms with Gasteiger partial charge in [-0.1, -0.05) is 46.8 Å². The molecule has 0 fully saturated rings. The fraction of sp³-hybridized carbons (Fsp3) is 0.833. The van der Waals surface area contributed by atoms with Gasteiger partial charge in [-0.25, -0.2) is 0 Å². The summed E-state index contributed by atoms with van der Waals surface area (Å²) in [5, 5.41) is 1.53. The van der Waals surface area contributed by atoms with Gasteiger partial charge in [-0.05, 0) is 17.8 Å². The lowest BCUT2D eigenvalue weighted by Gasteiger charge is -2.35. The van der Waals surface area contributed by atoms with Gasteiger partial charge in [0.15, 0.2) is 0 Å². The Labute approximate surface area is 87.2 Å². The smallest absolute Gasteiger partial charge is 0.0253 e. The summed E-state index contributed by atoms with van der Waals surface area (Å²) in [6.45, 7) is 11.7. The highest BCUT2D eigenvalue weighted by molar-refractivity contribution is 8.00. The number of hydrogen-bond donors (Lipinski definition) is 0. The maximum absolute atomic E-state index is 2.39. The highest BCUT2D eigenvalue weighted by Crippen LogP contribution is 2.40. The maximum Gasteiger partial charge on any atom is 0.0253 e. The van der Waals surface area contributed by atoms with E-state index >= 15 is 0 Å². The average Bonchev–Trinajstić information content (AvgIpc) is 2.03. The second-order valence-corrected chi connectivity index (χ2v) is 6.75. The van der Waals surface area contributed by atoms with Crippen LogP contribution >= 0.6 is 11.8 Å². The van der Waals surface area contributed by atoms with Crippen molar-refractivity contribution in [2.45, 2.75) is 51.5 Å². The molecule has 1 aliphatic heterocycles. The first kappa shape index (κ1) is 11.2. The summed E-state index contributed by atoms with van der Waals surface area (Å²) in [4.78, 5) is 0. The molecule has 0 aromatic carbocycles. The largest absolute Gasteiger partial charge is 0.150 e. The molecule has 76 valence electrons. The molecule has 1 rings (SSSR count). The molecule has 1 heteroatoms. The van der Waals surface area contributed by atoms with Gasteiger partial charge in [0.1, 0.15) is 0 Å². The lowest BCUT2D eigenvalue weighted by molar-refractivity contribution is 0.391. The molecule has 0 N–H and O–H groups in total. The standard InChI is InChI=1S/C12H22S/c1-9(2)10-7-6-8-11(13-10)12(3,4)5/h6-7,9-11H,8H2,1-5H3. The third-order valence-corrected chi connectivity index (χ3v) is 4.86. The highest BCUT2D eigenvalue weighted by atomic mass is 32.2. The molecule has 2 atom stereocenters. The van der Waals surface area contributed by atoms with E-state index in [1.807, 2.05) is 0 Å². The molecule has 0 aromatic rings. The van der Waals surface area contributed by atoms with Gasteiger partial charge in [0.2, 0.25) is 0 Å². The number of hydrogen-bond acceptors (Lipinski definition) is 1. The molecule has 0 radical (unpaired) electrons. The predicted octanol–water partition coefficient (Wildman–Crippen LogP) is 4.12. The van der Waals surface area contributed by atoms with Crippen molar-refractivity contribution in [2.24, 2.45) is 11.3 Å². The molecule has 1 aliphatic rings. The van der Waals surface area contributed by atoms with Crippen molar-refractivity contribution in [3.05, 3.63) is 12.2 Å². The molecule has 0 aliphatic carbocycles. The summed E-state index contributed by atoms with van der Waals surface area (Å²) in [6, 6.07) is 0. The van der Waals surface area contributed by atoms with Crippen LogP contribution in [0.4, 0.5) is 0 Å². The Hall–Kier alpha value is 0.0900. The summed E-state index contributed by atoms with van der Waals surface area (Å²) >= 11 is 2.16. The second-order valence-electron chi connectivity index (χ2n) is 5.36. The van der Waals surface area contributed by atoms with Crippen LogP contribution in [0, 0.1) is 11.3 Å². The van der Waals surface area contributed by atoms with Crippen molar-refractivity contribution in [1.29, 1.82) is 0 Å². The van der Waals surface area contributed by atoms with Crippen LogP contribution in [0.15, 0.2) is 12.2 Å². The minimum absolute atomic E-state index is 0.447. The minimum atomic E-state index is 0.447. The van der Waals surface area contributed by atoms with Crippen molar-refractivity contribution in [3.8, 4) is 0 Å². The Morgan fingerprint density at radius 1 is 1.31 bits per heavy atom. The Morgan fingerprint density at radius 3 is 2.38 bits per heavy atom. The highest BCUT2D eigenvalue weighted by Gasteiger charge is 2.29. The van der Waals surface area contributed by atoms with Crippen LogP contribution in [-0.2, 0) is 0 Å². The number of allylic oxidation sites excluding steroid dienone is 1. The predicted molar refractivity (Wildman–Crippen MR) is 63.2 cm³/mol.